The molecule has 0 aliphatic heterocycles. The van der Waals surface area contributed by atoms with Gasteiger partial charge in [0.1, 0.15) is 0 Å². The fraction of sp³-hybridized carbons (Fsp3) is 0.500. The van der Waals surface area contributed by atoms with E-state index >= 15 is 0 Å². The van der Waals surface area contributed by atoms with Gasteiger partial charge < -0.3 is 16.4 Å². The van der Waals surface area contributed by atoms with Crippen molar-refractivity contribution in [3.63, 3.8) is 0 Å². The van der Waals surface area contributed by atoms with Crippen molar-refractivity contribution in [3.8, 4) is 0 Å². The molecule has 5 nitrogen and oxygen atoms in total. The lowest BCUT2D eigenvalue weighted by molar-refractivity contribution is -0.122. The monoisotopic (exact) mass is 325 g/mol. The number of carbonyl (C=O) groups excluding carboxylic acids is 2. The number of anilines is 1. The van der Waals surface area contributed by atoms with Gasteiger partial charge in [-0.25, -0.2) is 0 Å². The third-order valence-electron chi connectivity index (χ3n) is 3.77. The van der Waals surface area contributed by atoms with Crippen LogP contribution in [-0.4, -0.2) is 18.4 Å². The van der Waals surface area contributed by atoms with Crippen LogP contribution in [0.2, 0.25) is 0 Å². The molecule has 1 aromatic rings. The van der Waals surface area contributed by atoms with Crippen LogP contribution in [0.3, 0.4) is 0 Å². The van der Waals surface area contributed by atoms with Crippen LogP contribution in [0.1, 0.15) is 37.7 Å². The van der Waals surface area contributed by atoms with Crippen LogP contribution in [0.4, 0.5) is 5.69 Å². The van der Waals surface area contributed by atoms with Gasteiger partial charge in [0.25, 0.3) is 0 Å². The Morgan fingerprint density at radius 1 is 1.27 bits per heavy atom. The minimum atomic E-state index is 0. The number of hydrogen-bond donors (Lipinski definition) is 3. The van der Waals surface area contributed by atoms with Gasteiger partial charge in [-0.2, -0.15) is 0 Å². The Morgan fingerprint density at radius 3 is 2.68 bits per heavy atom. The Labute approximate surface area is 137 Å². The number of benzene rings is 1. The van der Waals surface area contributed by atoms with Crippen molar-refractivity contribution in [1.82, 2.24) is 5.32 Å². The Bertz CT molecular complexity index is 504. The highest BCUT2D eigenvalue weighted by atomic mass is 35.5. The van der Waals surface area contributed by atoms with Crippen molar-refractivity contribution in [2.24, 2.45) is 11.7 Å². The summed E-state index contributed by atoms with van der Waals surface area (Å²) in [6.07, 6.45) is 4.27. The topological polar surface area (TPSA) is 84.2 Å². The zero-order valence-electron chi connectivity index (χ0n) is 12.6. The molecular formula is C16H24ClN3O2. The van der Waals surface area contributed by atoms with Gasteiger partial charge in [-0.3, -0.25) is 9.59 Å². The smallest absolute Gasteiger partial charge is 0.227 e. The first-order valence-electron chi connectivity index (χ1n) is 7.55. The number of hydrogen-bond acceptors (Lipinski definition) is 3. The zero-order chi connectivity index (χ0) is 15.1. The molecule has 0 heterocycles. The summed E-state index contributed by atoms with van der Waals surface area (Å²) >= 11 is 0. The predicted octanol–water partition coefficient (Wildman–Crippen LogP) is 2.20. The molecule has 4 N–H and O–H groups in total. The quantitative estimate of drug-likeness (QED) is 0.718. The first-order valence-corrected chi connectivity index (χ1v) is 7.55. The summed E-state index contributed by atoms with van der Waals surface area (Å²) in [5, 5.41) is 5.79. The van der Waals surface area contributed by atoms with E-state index in [1.807, 2.05) is 24.3 Å². The summed E-state index contributed by atoms with van der Waals surface area (Å²) in [5.41, 5.74) is 7.14. The molecule has 1 fully saturated rings. The summed E-state index contributed by atoms with van der Waals surface area (Å²) in [4.78, 5) is 23.4. The lowest BCUT2D eigenvalue weighted by Crippen LogP contribution is -2.28. The van der Waals surface area contributed by atoms with E-state index in [0.29, 0.717) is 25.9 Å². The van der Waals surface area contributed by atoms with E-state index in [9.17, 15) is 9.59 Å². The first-order chi connectivity index (χ1) is 10.2. The highest BCUT2D eigenvalue weighted by Gasteiger charge is 2.25. The van der Waals surface area contributed by atoms with Crippen molar-refractivity contribution < 1.29 is 9.59 Å². The Hall–Kier alpha value is -1.59. The fourth-order valence-electron chi connectivity index (χ4n) is 2.23. The first kappa shape index (κ1) is 18.5. The average Bonchev–Trinajstić information content (AvgIpc) is 2.41. The molecule has 1 aliphatic rings. The summed E-state index contributed by atoms with van der Waals surface area (Å²) < 4.78 is 0. The highest BCUT2D eigenvalue weighted by Crippen LogP contribution is 2.27. The average molecular weight is 326 g/mol. The van der Waals surface area contributed by atoms with E-state index in [0.717, 1.165) is 30.5 Å². The van der Waals surface area contributed by atoms with Crippen LogP contribution in [0, 0.1) is 5.92 Å². The maximum Gasteiger partial charge on any atom is 0.227 e. The maximum absolute atomic E-state index is 11.9. The second kappa shape index (κ2) is 9.43. The maximum atomic E-state index is 11.9. The molecule has 0 radical (unpaired) electrons. The molecule has 0 bridgehead atoms. The van der Waals surface area contributed by atoms with E-state index in [2.05, 4.69) is 10.6 Å². The number of carbonyl (C=O) groups is 2. The zero-order valence-corrected chi connectivity index (χ0v) is 13.5. The van der Waals surface area contributed by atoms with Gasteiger partial charge in [-0.1, -0.05) is 18.6 Å². The molecular weight excluding hydrogens is 302 g/mol. The number of nitrogens with one attached hydrogen (secondary N) is 2. The van der Waals surface area contributed by atoms with Crippen molar-refractivity contribution in [1.29, 1.82) is 0 Å². The van der Waals surface area contributed by atoms with Gasteiger partial charge in [-0.15, -0.1) is 12.4 Å². The molecule has 0 aromatic heterocycles. The van der Waals surface area contributed by atoms with E-state index < -0.39 is 0 Å². The number of rotatable bonds is 7. The molecule has 0 unspecified atom stereocenters. The largest absolute Gasteiger partial charge is 0.352 e. The van der Waals surface area contributed by atoms with Gasteiger partial charge >= 0.3 is 0 Å². The number of amides is 2. The molecule has 22 heavy (non-hydrogen) atoms. The van der Waals surface area contributed by atoms with E-state index in [1.54, 1.807) is 0 Å². The van der Waals surface area contributed by atoms with Crippen molar-refractivity contribution >= 4 is 29.9 Å². The molecule has 0 spiro atoms. The SMILES string of the molecule is Cl.NCCCC(=O)NCc1cccc(NC(=O)C2CCC2)c1. The Kier molecular flexibility index (Phi) is 7.91. The highest BCUT2D eigenvalue weighted by molar-refractivity contribution is 5.93. The number of nitrogens with two attached hydrogens (primary N) is 1. The lowest BCUT2D eigenvalue weighted by Gasteiger charge is -2.24. The molecule has 1 aliphatic carbocycles. The van der Waals surface area contributed by atoms with Gasteiger partial charge in [0.2, 0.25) is 11.8 Å². The second-order valence-electron chi connectivity index (χ2n) is 5.49. The lowest BCUT2D eigenvalue weighted by atomic mass is 9.85. The molecule has 122 valence electrons. The van der Waals surface area contributed by atoms with Gasteiger partial charge in [0.15, 0.2) is 0 Å². The van der Waals surface area contributed by atoms with E-state index in [4.69, 9.17) is 5.73 Å². The standard InChI is InChI=1S/C16H23N3O2.ClH/c17-9-3-8-15(20)18-11-12-4-1-7-14(10-12)19-16(21)13-5-2-6-13;/h1,4,7,10,13H,2-3,5-6,8-9,11,17H2,(H,18,20)(H,19,21);1H. The third-order valence-corrected chi connectivity index (χ3v) is 3.77. The van der Waals surface area contributed by atoms with Gasteiger partial charge in [-0.05, 0) is 43.5 Å². The van der Waals surface area contributed by atoms with Gasteiger partial charge in [0, 0.05) is 24.6 Å². The molecule has 2 amide bonds. The van der Waals surface area contributed by atoms with E-state index in [1.165, 1.54) is 0 Å². The minimum absolute atomic E-state index is 0. The molecule has 6 heteroatoms. The second-order valence-corrected chi connectivity index (χ2v) is 5.49. The summed E-state index contributed by atoms with van der Waals surface area (Å²) in [7, 11) is 0. The molecule has 1 aromatic carbocycles. The molecule has 0 atom stereocenters. The van der Waals surface area contributed by atoms with Crippen LogP contribution in [-0.2, 0) is 16.1 Å². The molecule has 0 saturated heterocycles. The fourth-order valence-corrected chi connectivity index (χ4v) is 2.23. The Morgan fingerprint density at radius 2 is 2.05 bits per heavy atom. The van der Waals surface area contributed by atoms with Crippen molar-refractivity contribution in [3.05, 3.63) is 29.8 Å². The predicted molar refractivity (Wildman–Crippen MR) is 89.8 cm³/mol. The summed E-state index contributed by atoms with van der Waals surface area (Å²) in [6.45, 7) is 0.993. The van der Waals surface area contributed by atoms with Crippen LogP contribution in [0.25, 0.3) is 0 Å². The summed E-state index contributed by atoms with van der Waals surface area (Å²) in [6, 6.07) is 7.59. The van der Waals surface area contributed by atoms with E-state index in [-0.39, 0.29) is 30.1 Å². The van der Waals surface area contributed by atoms with Crippen LogP contribution in [0.5, 0.6) is 0 Å². The van der Waals surface area contributed by atoms with Crippen LogP contribution < -0.4 is 16.4 Å². The molecule has 2 rings (SSSR count). The van der Waals surface area contributed by atoms with Gasteiger partial charge in [0.05, 0.1) is 0 Å². The number of halogens is 1. The Balaban J connectivity index is 0.00000242. The van der Waals surface area contributed by atoms with Crippen molar-refractivity contribution in [2.75, 3.05) is 11.9 Å². The van der Waals surface area contributed by atoms with Crippen molar-refractivity contribution in [2.45, 2.75) is 38.6 Å². The molecule has 1 saturated carbocycles. The third kappa shape index (κ3) is 5.66. The minimum Gasteiger partial charge on any atom is -0.352 e. The normalized spacial score (nSPS) is 13.7. The summed E-state index contributed by atoms with van der Waals surface area (Å²) in [5.74, 6) is 0.277. The van der Waals surface area contributed by atoms with Crippen LogP contribution in [0.15, 0.2) is 24.3 Å². The van der Waals surface area contributed by atoms with Crippen LogP contribution >= 0.6 is 12.4 Å².